The maximum atomic E-state index is 11.4. The first kappa shape index (κ1) is 14.7. The topological polar surface area (TPSA) is 47.0 Å². The van der Waals surface area contributed by atoms with Crippen LogP contribution in [0.3, 0.4) is 0 Å². The van der Waals surface area contributed by atoms with E-state index in [-0.39, 0.29) is 0 Å². The quantitative estimate of drug-likeness (QED) is 0.863. The Morgan fingerprint density at radius 1 is 1.10 bits per heavy atom. The second kappa shape index (κ2) is 5.75. The minimum absolute atomic E-state index is 0.333. The molecule has 0 N–H and O–H groups in total. The van der Waals surface area contributed by atoms with Gasteiger partial charge in [0.2, 0.25) is 0 Å². The molecular weight excluding hydrogens is 270 g/mol. The molecule has 1 aromatic carbocycles. The van der Waals surface area contributed by atoms with Gasteiger partial charge in [-0.2, -0.15) is 0 Å². The molecule has 2 rings (SSSR count). The molecule has 0 saturated heterocycles. The number of hydrogen-bond donors (Lipinski definition) is 0. The van der Waals surface area contributed by atoms with E-state index in [1.807, 2.05) is 18.2 Å². The molecular formula is C16H19NO2S. The molecule has 0 aliphatic carbocycles. The lowest BCUT2D eigenvalue weighted by molar-refractivity contribution is 0.602. The Labute approximate surface area is 120 Å². The maximum absolute atomic E-state index is 11.4. The molecule has 106 valence electrons. The number of hydrogen-bond acceptors (Lipinski definition) is 3. The van der Waals surface area contributed by atoms with Crippen molar-refractivity contribution >= 4 is 9.84 Å². The van der Waals surface area contributed by atoms with Crippen molar-refractivity contribution in [3.8, 4) is 11.3 Å². The Morgan fingerprint density at radius 3 is 2.30 bits per heavy atom. The fraction of sp³-hybridized carbons (Fsp3) is 0.312. The smallest absolute Gasteiger partial charge is 0.175 e. The normalized spacial score (nSPS) is 13.2. The highest BCUT2D eigenvalue weighted by Gasteiger charge is 2.09. The Morgan fingerprint density at radius 2 is 1.75 bits per heavy atom. The van der Waals surface area contributed by atoms with Gasteiger partial charge in [0, 0.05) is 17.5 Å². The molecule has 1 unspecified atom stereocenters. The summed E-state index contributed by atoms with van der Waals surface area (Å²) >= 11 is 0. The summed E-state index contributed by atoms with van der Waals surface area (Å²) in [5.74, 6) is 0.422. The summed E-state index contributed by atoms with van der Waals surface area (Å²) in [4.78, 5) is 4.99. The molecule has 1 heterocycles. The van der Waals surface area contributed by atoms with E-state index in [4.69, 9.17) is 0 Å². The summed E-state index contributed by atoms with van der Waals surface area (Å²) in [7, 11) is -3.15. The Bertz CT molecular complexity index is 691. The van der Waals surface area contributed by atoms with Crippen LogP contribution in [0, 0.1) is 0 Å². The van der Waals surface area contributed by atoms with Gasteiger partial charge in [-0.1, -0.05) is 32.0 Å². The van der Waals surface area contributed by atoms with Gasteiger partial charge >= 0.3 is 0 Å². The number of pyridine rings is 1. The van der Waals surface area contributed by atoms with Gasteiger partial charge in [-0.05, 0) is 36.6 Å². The van der Waals surface area contributed by atoms with Crippen LogP contribution < -0.4 is 0 Å². The second-order valence-corrected chi connectivity index (χ2v) is 7.07. The molecule has 1 aromatic heterocycles. The third kappa shape index (κ3) is 3.25. The van der Waals surface area contributed by atoms with Gasteiger partial charge in [-0.25, -0.2) is 8.42 Å². The standard InChI is InChI=1S/C16H19NO2S/c1-4-12(2)15-6-5-7-16(17-15)13-8-10-14(11-9-13)20(3,18)19/h5-12H,4H2,1-3H3. The second-order valence-electron chi connectivity index (χ2n) is 5.05. The van der Waals surface area contributed by atoms with Gasteiger partial charge < -0.3 is 0 Å². The first-order chi connectivity index (χ1) is 9.41. The van der Waals surface area contributed by atoms with E-state index in [0.29, 0.717) is 10.8 Å². The molecule has 0 amide bonds. The molecule has 0 spiro atoms. The van der Waals surface area contributed by atoms with Gasteiger partial charge in [0.25, 0.3) is 0 Å². The zero-order valence-electron chi connectivity index (χ0n) is 12.0. The summed E-state index contributed by atoms with van der Waals surface area (Å²) in [6.45, 7) is 4.29. The Kier molecular flexibility index (Phi) is 4.23. The number of nitrogens with zero attached hydrogens (tertiary/aromatic N) is 1. The van der Waals surface area contributed by atoms with Crippen molar-refractivity contribution in [1.29, 1.82) is 0 Å². The van der Waals surface area contributed by atoms with Crippen LogP contribution in [0.15, 0.2) is 47.4 Å². The third-order valence-electron chi connectivity index (χ3n) is 3.47. The van der Waals surface area contributed by atoms with Crippen molar-refractivity contribution in [3.05, 3.63) is 48.2 Å². The number of aromatic nitrogens is 1. The highest BCUT2D eigenvalue weighted by atomic mass is 32.2. The molecule has 0 saturated carbocycles. The Balaban J connectivity index is 2.37. The first-order valence-electron chi connectivity index (χ1n) is 6.69. The van der Waals surface area contributed by atoms with E-state index in [1.54, 1.807) is 24.3 Å². The van der Waals surface area contributed by atoms with Crippen molar-refractivity contribution in [3.63, 3.8) is 0 Å². The minimum Gasteiger partial charge on any atom is -0.253 e. The molecule has 4 heteroatoms. The largest absolute Gasteiger partial charge is 0.253 e. The third-order valence-corrected chi connectivity index (χ3v) is 4.59. The SMILES string of the molecule is CCC(C)c1cccc(-c2ccc(S(C)(=O)=O)cc2)n1. The lowest BCUT2D eigenvalue weighted by Gasteiger charge is -2.10. The predicted molar refractivity (Wildman–Crippen MR) is 81.5 cm³/mol. The van der Waals surface area contributed by atoms with Crippen molar-refractivity contribution in [2.75, 3.05) is 6.26 Å². The predicted octanol–water partition coefficient (Wildman–Crippen LogP) is 3.67. The molecule has 0 bridgehead atoms. The van der Waals surface area contributed by atoms with Gasteiger partial charge in [0.15, 0.2) is 9.84 Å². The van der Waals surface area contributed by atoms with Crippen LogP contribution in [0.2, 0.25) is 0 Å². The molecule has 0 aliphatic rings. The van der Waals surface area contributed by atoms with Crippen molar-refractivity contribution in [2.45, 2.75) is 31.1 Å². The zero-order valence-corrected chi connectivity index (χ0v) is 12.8. The van der Waals surface area contributed by atoms with Crippen LogP contribution in [0.25, 0.3) is 11.3 Å². The molecule has 20 heavy (non-hydrogen) atoms. The van der Waals surface area contributed by atoms with E-state index in [2.05, 4.69) is 18.8 Å². The number of rotatable bonds is 4. The lowest BCUT2D eigenvalue weighted by atomic mass is 10.0. The van der Waals surface area contributed by atoms with E-state index >= 15 is 0 Å². The molecule has 3 nitrogen and oxygen atoms in total. The average molecular weight is 289 g/mol. The van der Waals surface area contributed by atoms with Crippen molar-refractivity contribution < 1.29 is 8.42 Å². The Hall–Kier alpha value is -1.68. The summed E-state index contributed by atoms with van der Waals surface area (Å²) in [6.07, 6.45) is 2.26. The summed E-state index contributed by atoms with van der Waals surface area (Å²) in [5, 5.41) is 0. The van der Waals surface area contributed by atoms with E-state index < -0.39 is 9.84 Å². The molecule has 0 radical (unpaired) electrons. The van der Waals surface area contributed by atoms with Crippen LogP contribution in [0.1, 0.15) is 31.9 Å². The van der Waals surface area contributed by atoms with Crippen LogP contribution >= 0.6 is 0 Å². The highest BCUT2D eigenvalue weighted by molar-refractivity contribution is 7.90. The number of benzene rings is 1. The fourth-order valence-corrected chi connectivity index (χ4v) is 2.60. The number of sulfone groups is 1. The lowest BCUT2D eigenvalue weighted by Crippen LogP contribution is -1.98. The highest BCUT2D eigenvalue weighted by Crippen LogP contribution is 2.23. The minimum atomic E-state index is -3.15. The van der Waals surface area contributed by atoms with E-state index in [9.17, 15) is 8.42 Å². The van der Waals surface area contributed by atoms with Gasteiger partial charge in [-0.15, -0.1) is 0 Å². The van der Waals surface area contributed by atoms with E-state index in [0.717, 1.165) is 23.4 Å². The molecule has 1 atom stereocenters. The van der Waals surface area contributed by atoms with Gasteiger partial charge in [-0.3, -0.25) is 4.98 Å². The molecule has 2 aromatic rings. The maximum Gasteiger partial charge on any atom is 0.175 e. The van der Waals surface area contributed by atoms with E-state index in [1.165, 1.54) is 6.26 Å². The summed E-state index contributed by atoms with van der Waals surface area (Å²) in [5.41, 5.74) is 2.88. The summed E-state index contributed by atoms with van der Waals surface area (Å²) in [6, 6.07) is 12.8. The van der Waals surface area contributed by atoms with Crippen LogP contribution in [-0.2, 0) is 9.84 Å². The van der Waals surface area contributed by atoms with Crippen LogP contribution in [0.4, 0.5) is 0 Å². The average Bonchev–Trinajstić information content (AvgIpc) is 2.46. The van der Waals surface area contributed by atoms with Gasteiger partial charge in [0.1, 0.15) is 0 Å². The fourth-order valence-electron chi connectivity index (χ4n) is 1.97. The molecule has 0 fully saturated rings. The van der Waals surface area contributed by atoms with Crippen LogP contribution in [0.5, 0.6) is 0 Å². The van der Waals surface area contributed by atoms with Crippen LogP contribution in [-0.4, -0.2) is 19.7 Å². The zero-order chi connectivity index (χ0) is 14.8. The van der Waals surface area contributed by atoms with Crippen molar-refractivity contribution in [2.24, 2.45) is 0 Å². The molecule has 0 aliphatic heterocycles. The van der Waals surface area contributed by atoms with Gasteiger partial charge in [0.05, 0.1) is 10.6 Å². The monoisotopic (exact) mass is 289 g/mol. The van der Waals surface area contributed by atoms with Crippen molar-refractivity contribution in [1.82, 2.24) is 4.98 Å². The first-order valence-corrected chi connectivity index (χ1v) is 8.58. The summed E-state index contributed by atoms with van der Waals surface area (Å²) < 4.78 is 22.9.